The lowest BCUT2D eigenvalue weighted by molar-refractivity contribution is 0.386. The number of nitrogens with two attached hydrogens (primary N) is 1. The van der Waals surface area contributed by atoms with Crippen LogP contribution in [-0.2, 0) is 13.0 Å². The van der Waals surface area contributed by atoms with Crippen LogP contribution in [0.5, 0.6) is 5.75 Å². The molecule has 2 aromatic rings. The van der Waals surface area contributed by atoms with Crippen LogP contribution in [0.15, 0.2) is 36.7 Å². The van der Waals surface area contributed by atoms with Crippen molar-refractivity contribution >= 4 is 0 Å². The summed E-state index contributed by atoms with van der Waals surface area (Å²) >= 11 is 0. The first-order valence-corrected chi connectivity index (χ1v) is 5.90. The second kappa shape index (κ2) is 5.69. The average molecular weight is 248 g/mol. The molecule has 0 spiro atoms. The second-order valence-electron chi connectivity index (χ2n) is 4.20. The minimum atomic E-state index is -0.329. The Kier molecular flexibility index (Phi) is 3.99. The van der Waals surface area contributed by atoms with E-state index in [0.717, 1.165) is 12.0 Å². The second-order valence-corrected chi connectivity index (χ2v) is 4.20. The Bertz CT molecular complexity index is 522. The molecule has 0 aliphatic heterocycles. The maximum Gasteiger partial charge on any atom is 0.165 e. The molecule has 1 heterocycles. The third-order valence-corrected chi connectivity index (χ3v) is 2.83. The van der Waals surface area contributed by atoms with Gasteiger partial charge in [-0.05, 0) is 42.3 Å². The van der Waals surface area contributed by atoms with Crippen molar-refractivity contribution in [3.05, 3.63) is 53.6 Å². The van der Waals surface area contributed by atoms with Gasteiger partial charge in [0.2, 0.25) is 0 Å². The minimum absolute atomic E-state index is 0.273. The highest BCUT2D eigenvalue weighted by molar-refractivity contribution is 5.29. The number of hydrogen-bond acceptors (Lipinski definition) is 2. The SMILES string of the molecule is COc1ccc(Cn2ccc(CCN)c2)cc1F. The van der Waals surface area contributed by atoms with E-state index in [1.807, 2.05) is 29.1 Å². The number of halogens is 1. The summed E-state index contributed by atoms with van der Waals surface area (Å²) < 4.78 is 20.4. The quantitative estimate of drug-likeness (QED) is 0.881. The van der Waals surface area contributed by atoms with Gasteiger partial charge in [0.05, 0.1) is 7.11 Å². The minimum Gasteiger partial charge on any atom is -0.494 e. The average Bonchev–Trinajstić information content (AvgIpc) is 2.77. The van der Waals surface area contributed by atoms with E-state index in [-0.39, 0.29) is 11.6 Å². The molecule has 0 aliphatic rings. The molecule has 18 heavy (non-hydrogen) atoms. The summed E-state index contributed by atoms with van der Waals surface area (Å²) in [6, 6.07) is 7.05. The van der Waals surface area contributed by atoms with Crippen LogP contribution in [0.25, 0.3) is 0 Å². The molecular weight excluding hydrogens is 231 g/mol. The van der Waals surface area contributed by atoms with E-state index in [4.69, 9.17) is 10.5 Å². The predicted molar refractivity (Wildman–Crippen MR) is 69.2 cm³/mol. The Labute approximate surface area is 106 Å². The zero-order chi connectivity index (χ0) is 13.0. The van der Waals surface area contributed by atoms with Crippen molar-refractivity contribution in [2.45, 2.75) is 13.0 Å². The molecule has 2 N–H and O–H groups in total. The van der Waals surface area contributed by atoms with Crippen LogP contribution in [0.3, 0.4) is 0 Å². The number of hydrogen-bond donors (Lipinski definition) is 1. The van der Waals surface area contributed by atoms with Crippen LogP contribution >= 0.6 is 0 Å². The van der Waals surface area contributed by atoms with E-state index in [0.29, 0.717) is 13.1 Å². The number of methoxy groups -OCH3 is 1. The van der Waals surface area contributed by atoms with Crippen LogP contribution in [-0.4, -0.2) is 18.2 Å². The fraction of sp³-hybridized carbons (Fsp3) is 0.286. The molecule has 0 bridgehead atoms. The summed E-state index contributed by atoms with van der Waals surface area (Å²) in [5.41, 5.74) is 7.61. The number of rotatable bonds is 5. The zero-order valence-corrected chi connectivity index (χ0v) is 10.4. The van der Waals surface area contributed by atoms with E-state index in [2.05, 4.69) is 0 Å². The van der Waals surface area contributed by atoms with Crippen molar-refractivity contribution in [2.24, 2.45) is 5.73 Å². The van der Waals surface area contributed by atoms with Gasteiger partial charge in [-0.15, -0.1) is 0 Å². The van der Waals surface area contributed by atoms with Crippen molar-refractivity contribution < 1.29 is 9.13 Å². The first kappa shape index (κ1) is 12.6. The van der Waals surface area contributed by atoms with Crippen molar-refractivity contribution in [2.75, 3.05) is 13.7 Å². The maximum atomic E-state index is 13.5. The Balaban J connectivity index is 2.10. The van der Waals surface area contributed by atoms with E-state index < -0.39 is 0 Å². The summed E-state index contributed by atoms with van der Waals surface area (Å²) in [7, 11) is 1.46. The Morgan fingerprint density at radius 2 is 2.11 bits per heavy atom. The molecule has 0 aliphatic carbocycles. The Morgan fingerprint density at radius 3 is 2.78 bits per heavy atom. The van der Waals surface area contributed by atoms with Crippen LogP contribution in [0.4, 0.5) is 4.39 Å². The molecular formula is C14H17FN2O. The normalized spacial score (nSPS) is 10.6. The largest absolute Gasteiger partial charge is 0.494 e. The first-order valence-electron chi connectivity index (χ1n) is 5.90. The van der Waals surface area contributed by atoms with Crippen LogP contribution in [0.2, 0.25) is 0 Å². The smallest absolute Gasteiger partial charge is 0.165 e. The van der Waals surface area contributed by atoms with Gasteiger partial charge >= 0.3 is 0 Å². The third-order valence-electron chi connectivity index (χ3n) is 2.83. The van der Waals surface area contributed by atoms with Crippen LogP contribution in [0.1, 0.15) is 11.1 Å². The molecule has 0 atom stereocenters. The van der Waals surface area contributed by atoms with Gasteiger partial charge in [-0.2, -0.15) is 0 Å². The first-order chi connectivity index (χ1) is 8.72. The van der Waals surface area contributed by atoms with Gasteiger partial charge in [-0.1, -0.05) is 6.07 Å². The van der Waals surface area contributed by atoms with E-state index in [1.54, 1.807) is 6.07 Å². The van der Waals surface area contributed by atoms with E-state index in [1.165, 1.54) is 18.7 Å². The van der Waals surface area contributed by atoms with E-state index in [9.17, 15) is 4.39 Å². The fourth-order valence-corrected chi connectivity index (χ4v) is 1.92. The van der Waals surface area contributed by atoms with Gasteiger partial charge in [0.15, 0.2) is 11.6 Å². The fourth-order valence-electron chi connectivity index (χ4n) is 1.92. The van der Waals surface area contributed by atoms with E-state index >= 15 is 0 Å². The highest BCUT2D eigenvalue weighted by atomic mass is 19.1. The lowest BCUT2D eigenvalue weighted by Gasteiger charge is -2.06. The van der Waals surface area contributed by atoms with Gasteiger partial charge in [0.25, 0.3) is 0 Å². The molecule has 96 valence electrons. The summed E-state index contributed by atoms with van der Waals surface area (Å²) in [5, 5.41) is 0. The molecule has 4 heteroatoms. The Morgan fingerprint density at radius 1 is 1.28 bits per heavy atom. The molecule has 1 aromatic heterocycles. The molecule has 0 saturated heterocycles. The molecule has 0 unspecified atom stereocenters. The summed E-state index contributed by atoms with van der Waals surface area (Å²) in [5.74, 6) is -0.0561. The third kappa shape index (κ3) is 2.90. The maximum absolute atomic E-state index is 13.5. The summed E-state index contributed by atoms with van der Waals surface area (Å²) in [6.45, 7) is 1.28. The van der Waals surface area contributed by atoms with Crippen molar-refractivity contribution in [1.29, 1.82) is 0 Å². The molecule has 0 radical (unpaired) electrons. The van der Waals surface area contributed by atoms with Gasteiger partial charge in [0, 0.05) is 18.9 Å². The highest BCUT2D eigenvalue weighted by Crippen LogP contribution is 2.18. The number of ether oxygens (including phenoxy) is 1. The molecule has 3 nitrogen and oxygen atoms in total. The lowest BCUT2D eigenvalue weighted by atomic mass is 10.2. The Hall–Kier alpha value is -1.81. The predicted octanol–water partition coefficient (Wildman–Crippen LogP) is 2.19. The molecule has 2 rings (SSSR count). The summed E-state index contributed by atoms with van der Waals surface area (Å²) in [4.78, 5) is 0. The van der Waals surface area contributed by atoms with Gasteiger partial charge in [-0.25, -0.2) is 4.39 Å². The lowest BCUT2D eigenvalue weighted by Crippen LogP contribution is -2.02. The van der Waals surface area contributed by atoms with Crippen molar-refractivity contribution in [3.63, 3.8) is 0 Å². The molecule has 1 aromatic carbocycles. The van der Waals surface area contributed by atoms with Crippen LogP contribution < -0.4 is 10.5 Å². The molecule has 0 amide bonds. The van der Waals surface area contributed by atoms with Gasteiger partial charge in [-0.3, -0.25) is 0 Å². The summed E-state index contributed by atoms with van der Waals surface area (Å²) in [6.07, 6.45) is 4.88. The monoisotopic (exact) mass is 248 g/mol. The van der Waals surface area contributed by atoms with Gasteiger partial charge < -0.3 is 15.0 Å². The van der Waals surface area contributed by atoms with Crippen molar-refractivity contribution in [1.82, 2.24) is 4.57 Å². The number of nitrogens with zero attached hydrogens (tertiary/aromatic N) is 1. The molecule has 0 saturated carbocycles. The zero-order valence-electron chi connectivity index (χ0n) is 10.4. The van der Waals surface area contributed by atoms with Crippen LogP contribution in [0, 0.1) is 5.82 Å². The topological polar surface area (TPSA) is 40.2 Å². The van der Waals surface area contributed by atoms with Gasteiger partial charge in [0.1, 0.15) is 0 Å². The number of aromatic nitrogens is 1. The number of benzene rings is 1. The standard InChI is InChI=1S/C14H17FN2O/c1-18-14-3-2-12(8-13(14)15)10-17-7-5-11(9-17)4-6-16/h2-3,5,7-9H,4,6,10,16H2,1H3. The van der Waals surface area contributed by atoms with Crippen molar-refractivity contribution in [3.8, 4) is 5.75 Å². The molecule has 0 fully saturated rings. The highest BCUT2D eigenvalue weighted by Gasteiger charge is 2.04.